The minimum Gasteiger partial charge on any atom is -0.354 e. The fourth-order valence-electron chi connectivity index (χ4n) is 3.45. The van der Waals surface area contributed by atoms with Gasteiger partial charge in [0.25, 0.3) is 5.91 Å². The number of rotatable bonds is 5. The molecule has 1 atom stereocenters. The van der Waals surface area contributed by atoms with Gasteiger partial charge in [0.1, 0.15) is 0 Å². The third-order valence-electron chi connectivity index (χ3n) is 4.88. The molecule has 2 heterocycles. The second kappa shape index (κ2) is 10.7. The fraction of sp³-hybridized carbons (Fsp3) is 0.526. The van der Waals surface area contributed by atoms with Crippen LogP contribution >= 0.6 is 24.2 Å². The number of fused-ring (bicyclic) bond motifs is 1. The molecule has 154 valence electrons. The Hall–Kier alpha value is -1.77. The molecule has 0 spiro atoms. The van der Waals surface area contributed by atoms with Crippen LogP contribution in [0.25, 0.3) is 0 Å². The molecule has 0 bridgehead atoms. The van der Waals surface area contributed by atoms with Crippen molar-refractivity contribution < 1.29 is 14.4 Å². The van der Waals surface area contributed by atoms with Crippen molar-refractivity contribution in [2.75, 3.05) is 30.7 Å². The number of likely N-dealkylation sites (tertiary alicyclic amines) is 1. The highest BCUT2D eigenvalue weighted by molar-refractivity contribution is 7.99. The lowest BCUT2D eigenvalue weighted by Gasteiger charge is -2.36. The minimum absolute atomic E-state index is 0. The normalized spacial score (nSPS) is 19.0. The standard InChI is InChI=1S/C19H26N4O3S.ClH/c20-8-6-17(24)21-12-14-3-1-2-9-23(14)19(26)13-4-5-16-15(11-13)22-18(25)7-10-27-16;/h4-5,11,14H,1-3,6-10,12,20H2,(H,21,24)(H,22,25);1H. The van der Waals surface area contributed by atoms with Crippen molar-refractivity contribution in [2.45, 2.75) is 43.0 Å². The molecule has 1 unspecified atom stereocenters. The zero-order valence-corrected chi connectivity index (χ0v) is 17.4. The third kappa shape index (κ3) is 5.62. The minimum atomic E-state index is -0.0831. The molecule has 1 fully saturated rings. The van der Waals surface area contributed by atoms with Gasteiger partial charge >= 0.3 is 0 Å². The molecular weight excluding hydrogens is 400 g/mol. The van der Waals surface area contributed by atoms with Gasteiger partial charge in [-0.25, -0.2) is 0 Å². The van der Waals surface area contributed by atoms with Crippen LogP contribution in [0.4, 0.5) is 5.69 Å². The zero-order chi connectivity index (χ0) is 19.2. The number of nitrogens with zero attached hydrogens (tertiary/aromatic N) is 1. The van der Waals surface area contributed by atoms with Crippen LogP contribution in [0.15, 0.2) is 23.1 Å². The lowest BCUT2D eigenvalue weighted by atomic mass is 10.0. The summed E-state index contributed by atoms with van der Waals surface area (Å²) in [4.78, 5) is 39.5. The van der Waals surface area contributed by atoms with Crippen LogP contribution < -0.4 is 16.4 Å². The third-order valence-corrected chi connectivity index (χ3v) is 5.96. The summed E-state index contributed by atoms with van der Waals surface area (Å²) < 4.78 is 0. The monoisotopic (exact) mass is 426 g/mol. The quantitative estimate of drug-likeness (QED) is 0.668. The van der Waals surface area contributed by atoms with E-state index in [4.69, 9.17) is 5.73 Å². The van der Waals surface area contributed by atoms with Crippen LogP contribution in [-0.2, 0) is 9.59 Å². The highest BCUT2D eigenvalue weighted by atomic mass is 35.5. The first-order chi connectivity index (χ1) is 13.1. The van der Waals surface area contributed by atoms with Gasteiger partial charge < -0.3 is 21.3 Å². The number of amides is 3. The predicted octanol–water partition coefficient (Wildman–Crippen LogP) is 2.00. The number of carbonyl (C=O) groups excluding carboxylic acids is 3. The molecule has 1 saturated heterocycles. The van der Waals surface area contributed by atoms with Crippen molar-refractivity contribution >= 4 is 47.6 Å². The Balaban J connectivity index is 0.00000280. The molecule has 7 nitrogen and oxygen atoms in total. The topological polar surface area (TPSA) is 105 Å². The molecule has 1 aromatic carbocycles. The number of carbonyl (C=O) groups is 3. The zero-order valence-electron chi connectivity index (χ0n) is 15.7. The molecule has 1 aromatic rings. The Morgan fingerprint density at radius 2 is 2.14 bits per heavy atom. The first kappa shape index (κ1) is 22.5. The van der Waals surface area contributed by atoms with E-state index in [0.717, 1.165) is 29.9 Å². The first-order valence-electron chi connectivity index (χ1n) is 9.43. The molecule has 4 N–H and O–H groups in total. The number of nitrogens with one attached hydrogen (secondary N) is 2. The number of nitrogens with two attached hydrogens (primary N) is 1. The van der Waals surface area contributed by atoms with E-state index >= 15 is 0 Å². The average molecular weight is 427 g/mol. The Bertz CT molecular complexity index is 731. The van der Waals surface area contributed by atoms with Gasteiger partial charge in [-0.05, 0) is 37.5 Å². The summed E-state index contributed by atoms with van der Waals surface area (Å²) in [5.41, 5.74) is 6.68. The molecule has 0 radical (unpaired) electrons. The number of thioether (sulfide) groups is 1. The summed E-state index contributed by atoms with van der Waals surface area (Å²) in [6.45, 7) is 1.44. The maximum absolute atomic E-state index is 13.1. The Labute approximate surface area is 175 Å². The van der Waals surface area contributed by atoms with Gasteiger partial charge in [-0.1, -0.05) is 0 Å². The van der Waals surface area contributed by atoms with Gasteiger partial charge in [0.2, 0.25) is 11.8 Å². The number of benzene rings is 1. The van der Waals surface area contributed by atoms with Gasteiger partial charge in [-0.3, -0.25) is 14.4 Å². The maximum atomic E-state index is 13.1. The van der Waals surface area contributed by atoms with E-state index in [0.29, 0.717) is 43.7 Å². The number of hydrogen-bond donors (Lipinski definition) is 3. The maximum Gasteiger partial charge on any atom is 0.254 e. The molecule has 0 aliphatic carbocycles. The summed E-state index contributed by atoms with van der Waals surface area (Å²) in [7, 11) is 0. The van der Waals surface area contributed by atoms with Crippen molar-refractivity contribution in [3.63, 3.8) is 0 Å². The van der Waals surface area contributed by atoms with Gasteiger partial charge in [-0.15, -0.1) is 24.2 Å². The van der Waals surface area contributed by atoms with Crippen LogP contribution in [0.1, 0.15) is 42.5 Å². The lowest BCUT2D eigenvalue weighted by molar-refractivity contribution is -0.121. The summed E-state index contributed by atoms with van der Waals surface area (Å²) in [5.74, 6) is 0.576. The largest absolute Gasteiger partial charge is 0.354 e. The number of piperidine rings is 1. The smallest absolute Gasteiger partial charge is 0.254 e. The molecule has 28 heavy (non-hydrogen) atoms. The average Bonchev–Trinajstić information content (AvgIpc) is 2.86. The molecular formula is C19H27ClN4O3S. The van der Waals surface area contributed by atoms with Gasteiger partial charge in [0, 0.05) is 54.7 Å². The van der Waals surface area contributed by atoms with E-state index in [-0.39, 0.29) is 36.2 Å². The SMILES string of the molecule is Cl.NCCC(=O)NCC1CCCCN1C(=O)c1ccc2c(c1)NC(=O)CCS2. The van der Waals surface area contributed by atoms with Crippen molar-refractivity contribution in [3.8, 4) is 0 Å². The molecule has 3 amide bonds. The Morgan fingerprint density at radius 1 is 1.32 bits per heavy atom. The summed E-state index contributed by atoms with van der Waals surface area (Å²) in [5, 5.41) is 5.77. The van der Waals surface area contributed by atoms with Gasteiger partial charge in [0.05, 0.1) is 5.69 Å². The summed E-state index contributed by atoms with van der Waals surface area (Å²) >= 11 is 1.62. The van der Waals surface area contributed by atoms with E-state index in [1.165, 1.54) is 0 Å². The Morgan fingerprint density at radius 3 is 2.93 bits per heavy atom. The molecule has 0 saturated carbocycles. The van der Waals surface area contributed by atoms with E-state index in [9.17, 15) is 14.4 Å². The molecule has 2 aliphatic heterocycles. The predicted molar refractivity (Wildman–Crippen MR) is 113 cm³/mol. The van der Waals surface area contributed by atoms with Gasteiger partial charge in [-0.2, -0.15) is 0 Å². The van der Waals surface area contributed by atoms with Crippen LogP contribution in [0.2, 0.25) is 0 Å². The second-order valence-corrected chi connectivity index (χ2v) is 7.99. The van der Waals surface area contributed by atoms with E-state index in [1.54, 1.807) is 17.8 Å². The number of halogens is 1. The molecule has 3 rings (SSSR count). The molecule has 9 heteroatoms. The number of anilines is 1. The van der Waals surface area contributed by atoms with Crippen LogP contribution in [-0.4, -0.2) is 54.1 Å². The number of hydrogen-bond acceptors (Lipinski definition) is 5. The van der Waals surface area contributed by atoms with E-state index in [1.807, 2.05) is 17.0 Å². The van der Waals surface area contributed by atoms with Gasteiger partial charge in [0.15, 0.2) is 0 Å². The summed E-state index contributed by atoms with van der Waals surface area (Å²) in [6.07, 6.45) is 3.63. The van der Waals surface area contributed by atoms with Crippen molar-refractivity contribution in [2.24, 2.45) is 5.73 Å². The molecule has 0 aromatic heterocycles. The van der Waals surface area contributed by atoms with Crippen molar-refractivity contribution in [3.05, 3.63) is 23.8 Å². The van der Waals surface area contributed by atoms with Crippen LogP contribution in [0.3, 0.4) is 0 Å². The van der Waals surface area contributed by atoms with Crippen LogP contribution in [0, 0.1) is 0 Å². The van der Waals surface area contributed by atoms with Crippen molar-refractivity contribution in [1.29, 1.82) is 0 Å². The Kier molecular flexibility index (Phi) is 8.59. The lowest BCUT2D eigenvalue weighted by Crippen LogP contribution is -2.49. The fourth-order valence-corrected chi connectivity index (χ4v) is 4.39. The second-order valence-electron chi connectivity index (χ2n) is 6.85. The van der Waals surface area contributed by atoms with Crippen molar-refractivity contribution in [1.82, 2.24) is 10.2 Å². The van der Waals surface area contributed by atoms with Crippen LogP contribution in [0.5, 0.6) is 0 Å². The molecule has 2 aliphatic rings. The first-order valence-corrected chi connectivity index (χ1v) is 10.4. The van der Waals surface area contributed by atoms with E-state index in [2.05, 4.69) is 10.6 Å². The highest BCUT2D eigenvalue weighted by Crippen LogP contribution is 2.32. The van der Waals surface area contributed by atoms with E-state index < -0.39 is 0 Å². The summed E-state index contributed by atoms with van der Waals surface area (Å²) in [6, 6.07) is 5.48. The highest BCUT2D eigenvalue weighted by Gasteiger charge is 2.28.